The van der Waals surface area contributed by atoms with Gasteiger partial charge in [-0.3, -0.25) is 14.5 Å². The number of aryl methyl sites for hydroxylation is 1. The van der Waals surface area contributed by atoms with E-state index in [2.05, 4.69) is 18.2 Å². The van der Waals surface area contributed by atoms with Gasteiger partial charge in [-0.2, -0.15) is 5.26 Å². The van der Waals surface area contributed by atoms with E-state index >= 15 is 0 Å². The first-order valence-corrected chi connectivity index (χ1v) is 11.3. The molecule has 2 aromatic carbocycles. The van der Waals surface area contributed by atoms with Crippen molar-refractivity contribution in [3.63, 3.8) is 0 Å². The Morgan fingerprint density at radius 2 is 1.67 bits per heavy atom. The molecule has 0 saturated heterocycles. The fourth-order valence-corrected chi connectivity index (χ4v) is 3.96. The zero-order valence-electron chi connectivity index (χ0n) is 18.8. The predicted molar refractivity (Wildman–Crippen MR) is 124 cm³/mol. The highest BCUT2D eigenvalue weighted by Crippen LogP contribution is 2.29. The van der Waals surface area contributed by atoms with Crippen LogP contribution in [0.3, 0.4) is 0 Å². The first-order chi connectivity index (χ1) is 16.0. The maximum atomic E-state index is 12.7. The number of imide groups is 1. The molecule has 0 N–H and O–H groups in total. The molecule has 0 fully saturated rings. The number of nitriles is 1. The topological polar surface area (TPSA) is 87.5 Å². The number of fused-ring (bicyclic) bond motifs is 1. The standard InChI is InChI=1S/C27H28N2O4/c1-2-33-26(32)27(20-28,17-10-4-7-14-21-12-5-3-6-13-21)18-11-19-29-24(30)22-15-8-9-16-23(22)25(29)31/h3,5-6,8-10,12-13,15-17H,2,4,7,11,14,18-19H2,1H3/b17-10+/t27-/m1/s1. The van der Waals surface area contributed by atoms with Crippen LogP contribution >= 0.6 is 0 Å². The summed E-state index contributed by atoms with van der Waals surface area (Å²) in [7, 11) is 0. The third kappa shape index (κ3) is 5.56. The monoisotopic (exact) mass is 444 g/mol. The van der Waals surface area contributed by atoms with Crippen molar-refractivity contribution in [3.8, 4) is 6.07 Å². The lowest BCUT2D eigenvalue weighted by atomic mass is 9.83. The number of carbonyl (C=O) groups excluding carboxylic acids is 3. The van der Waals surface area contributed by atoms with Crippen LogP contribution in [0, 0.1) is 16.7 Å². The molecule has 0 unspecified atom stereocenters. The number of hydrogen-bond acceptors (Lipinski definition) is 5. The van der Waals surface area contributed by atoms with Crippen LogP contribution in [0.25, 0.3) is 0 Å². The highest BCUT2D eigenvalue weighted by molar-refractivity contribution is 6.21. The van der Waals surface area contributed by atoms with Crippen LogP contribution < -0.4 is 0 Å². The first kappa shape index (κ1) is 23.9. The van der Waals surface area contributed by atoms with Crippen LogP contribution in [0.5, 0.6) is 0 Å². The Hall–Kier alpha value is -3.72. The van der Waals surface area contributed by atoms with Crippen LogP contribution in [0.2, 0.25) is 0 Å². The minimum absolute atomic E-state index is 0.136. The molecule has 1 atom stereocenters. The van der Waals surface area contributed by atoms with Crippen molar-refractivity contribution in [2.24, 2.45) is 5.41 Å². The lowest BCUT2D eigenvalue weighted by Crippen LogP contribution is -2.34. The van der Waals surface area contributed by atoms with E-state index in [1.807, 2.05) is 24.3 Å². The number of benzene rings is 2. The second kappa shape index (κ2) is 11.2. The Morgan fingerprint density at radius 1 is 1.03 bits per heavy atom. The molecule has 1 aliphatic rings. The van der Waals surface area contributed by atoms with Gasteiger partial charge >= 0.3 is 5.97 Å². The average molecular weight is 445 g/mol. The molecule has 0 aromatic heterocycles. The van der Waals surface area contributed by atoms with Crippen molar-refractivity contribution in [2.45, 2.75) is 39.0 Å². The molecule has 170 valence electrons. The van der Waals surface area contributed by atoms with Gasteiger partial charge in [-0.05, 0) is 56.7 Å². The second-order valence-corrected chi connectivity index (χ2v) is 7.99. The van der Waals surface area contributed by atoms with Crippen LogP contribution in [-0.4, -0.2) is 35.8 Å². The quantitative estimate of drug-likeness (QED) is 0.217. The summed E-state index contributed by atoms with van der Waals surface area (Å²) in [4.78, 5) is 39.0. The Bertz CT molecular complexity index is 1040. The van der Waals surface area contributed by atoms with Gasteiger partial charge in [0.15, 0.2) is 5.41 Å². The molecule has 0 spiro atoms. The minimum atomic E-state index is -1.44. The molecule has 6 nitrogen and oxygen atoms in total. The van der Waals surface area contributed by atoms with Gasteiger partial charge in [-0.1, -0.05) is 54.6 Å². The van der Waals surface area contributed by atoms with Crippen molar-refractivity contribution >= 4 is 17.8 Å². The van der Waals surface area contributed by atoms with Gasteiger partial charge < -0.3 is 4.74 Å². The van der Waals surface area contributed by atoms with E-state index in [-0.39, 0.29) is 31.4 Å². The molecule has 0 saturated carbocycles. The van der Waals surface area contributed by atoms with Gasteiger partial charge in [0.25, 0.3) is 11.8 Å². The van der Waals surface area contributed by atoms with Gasteiger partial charge in [0.1, 0.15) is 0 Å². The van der Waals surface area contributed by atoms with E-state index in [4.69, 9.17) is 4.74 Å². The Morgan fingerprint density at radius 3 is 2.27 bits per heavy atom. The number of hydrogen-bond donors (Lipinski definition) is 0. The molecule has 0 aliphatic carbocycles. The number of rotatable bonds is 11. The summed E-state index contributed by atoms with van der Waals surface area (Å²) in [5.41, 5.74) is 0.570. The zero-order chi connectivity index (χ0) is 23.7. The first-order valence-electron chi connectivity index (χ1n) is 11.3. The van der Waals surface area contributed by atoms with Crippen LogP contribution in [0.15, 0.2) is 66.7 Å². The number of carbonyl (C=O) groups is 3. The predicted octanol–water partition coefficient (Wildman–Crippen LogP) is 4.71. The number of esters is 1. The van der Waals surface area contributed by atoms with E-state index in [0.29, 0.717) is 17.5 Å². The molecule has 1 heterocycles. The molecule has 6 heteroatoms. The molecule has 2 amide bonds. The SMILES string of the molecule is CCOC(=O)[C@](C#N)(/C=C/CCCc1ccccc1)CCCN1C(=O)c2ccccc2C1=O. The smallest absolute Gasteiger partial charge is 0.330 e. The van der Waals surface area contributed by atoms with Gasteiger partial charge in [0.2, 0.25) is 0 Å². The summed E-state index contributed by atoms with van der Waals surface area (Å²) in [5.74, 6) is -1.29. The lowest BCUT2D eigenvalue weighted by molar-refractivity contribution is -0.149. The summed E-state index contributed by atoms with van der Waals surface area (Å²) in [6, 6.07) is 18.9. The number of nitrogens with zero attached hydrogens (tertiary/aromatic N) is 2. The highest BCUT2D eigenvalue weighted by Gasteiger charge is 2.39. The molecular weight excluding hydrogens is 416 g/mol. The maximum Gasteiger partial charge on any atom is 0.330 e. The van der Waals surface area contributed by atoms with Crippen molar-refractivity contribution in [1.82, 2.24) is 4.90 Å². The van der Waals surface area contributed by atoms with Crippen LogP contribution in [0.4, 0.5) is 0 Å². The van der Waals surface area contributed by atoms with Gasteiger partial charge in [0.05, 0.1) is 23.8 Å². The highest BCUT2D eigenvalue weighted by atomic mass is 16.5. The van der Waals surface area contributed by atoms with E-state index in [9.17, 15) is 19.6 Å². The third-order valence-corrected chi connectivity index (χ3v) is 5.75. The number of amides is 2. The van der Waals surface area contributed by atoms with E-state index in [1.165, 1.54) is 10.5 Å². The molecule has 0 radical (unpaired) electrons. The summed E-state index contributed by atoms with van der Waals surface area (Å²) < 4.78 is 5.18. The van der Waals surface area contributed by atoms with E-state index in [0.717, 1.165) is 19.3 Å². The summed E-state index contributed by atoms with van der Waals surface area (Å²) in [6.07, 6.45) is 6.46. The fraction of sp³-hybridized carbons (Fsp3) is 0.333. The van der Waals surface area contributed by atoms with Crippen molar-refractivity contribution in [3.05, 3.63) is 83.4 Å². The minimum Gasteiger partial charge on any atom is -0.465 e. The van der Waals surface area contributed by atoms with Crippen LogP contribution in [-0.2, 0) is 16.0 Å². The Balaban J connectivity index is 1.61. The van der Waals surface area contributed by atoms with Crippen molar-refractivity contribution in [1.29, 1.82) is 5.26 Å². The normalized spacial score (nSPS) is 14.7. The zero-order valence-corrected chi connectivity index (χ0v) is 18.8. The van der Waals surface area contributed by atoms with E-state index < -0.39 is 11.4 Å². The number of allylic oxidation sites excluding steroid dienone is 1. The molecule has 33 heavy (non-hydrogen) atoms. The Labute approximate surface area is 194 Å². The molecular formula is C27H28N2O4. The van der Waals surface area contributed by atoms with Crippen molar-refractivity contribution < 1.29 is 19.1 Å². The van der Waals surface area contributed by atoms with Gasteiger partial charge in [0, 0.05) is 6.54 Å². The van der Waals surface area contributed by atoms with Crippen LogP contribution in [0.1, 0.15) is 58.9 Å². The van der Waals surface area contributed by atoms with Gasteiger partial charge in [-0.25, -0.2) is 4.79 Å². The molecule has 3 rings (SSSR count). The maximum absolute atomic E-state index is 12.7. The summed E-state index contributed by atoms with van der Waals surface area (Å²) in [5, 5.41) is 9.90. The third-order valence-electron chi connectivity index (χ3n) is 5.75. The Kier molecular flexibility index (Phi) is 8.15. The molecule has 0 bridgehead atoms. The largest absolute Gasteiger partial charge is 0.465 e. The van der Waals surface area contributed by atoms with Gasteiger partial charge in [-0.15, -0.1) is 0 Å². The van der Waals surface area contributed by atoms with E-state index in [1.54, 1.807) is 37.3 Å². The summed E-state index contributed by atoms with van der Waals surface area (Å²) in [6.45, 7) is 2.00. The lowest BCUT2D eigenvalue weighted by Gasteiger charge is -2.22. The van der Waals surface area contributed by atoms with Crippen molar-refractivity contribution in [2.75, 3.05) is 13.2 Å². The average Bonchev–Trinajstić information content (AvgIpc) is 3.08. The number of ether oxygens (including phenoxy) is 1. The molecule has 1 aliphatic heterocycles. The fourth-order valence-electron chi connectivity index (χ4n) is 3.96. The summed E-state index contributed by atoms with van der Waals surface area (Å²) >= 11 is 0. The number of unbranched alkanes of at least 4 members (excludes halogenated alkanes) is 1. The second-order valence-electron chi connectivity index (χ2n) is 7.99. The molecule has 2 aromatic rings.